The third-order valence-corrected chi connectivity index (χ3v) is 5.04. The van der Waals surface area contributed by atoms with E-state index in [0.29, 0.717) is 11.3 Å². The summed E-state index contributed by atoms with van der Waals surface area (Å²) in [6.07, 6.45) is 3.02. The normalized spacial score (nSPS) is 18.7. The first-order chi connectivity index (χ1) is 15.5. The van der Waals surface area contributed by atoms with Gasteiger partial charge >= 0.3 is 17.9 Å². The molecule has 2 rings (SSSR count). The largest absolute Gasteiger partial charge is 0.463 e. The lowest BCUT2D eigenvalue weighted by molar-refractivity contribution is -0.148. The SMILES string of the molecule is CCOC(=O)C1=NC(C)=C(C(=O)OCC)C(c2ccccc2C=CC(=O)OC(C)(C)C)C1C. The Kier molecular flexibility index (Phi) is 8.74. The maximum absolute atomic E-state index is 12.9. The first kappa shape index (κ1) is 26.0. The second-order valence-electron chi connectivity index (χ2n) is 8.70. The van der Waals surface area contributed by atoms with Crippen molar-refractivity contribution in [3.8, 4) is 0 Å². The number of nitrogens with zero attached hydrogens (tertiary/aromatic N) is 1. The highest BCUT2D eigenvalue weighted by Crippen LogP contribution is 2.41. The summed E-state index contributed by atoms with van der Waals surface area (Å²) < 4.78 is 15.9. The molecular weight excluding hydrogens is 422 g/mol. The van der Waals surface area contributed by atoms with Crippen LogP contribution in [0.1, 0.15) is 65.5 Å². The van der Waals surface area contributed by atoms with Gasteiger partial charge in [0.25, 0.3) is 0 Å². The van der Waals surface area contributed by atoms with Crippen molar-refractivity contribution in [1.29, 1.82) is 0 Å². The number of hydrogen-bond acceptors (Lipinski definition) is 7. The Morgan fingerprint density at radius 2 is 1.64 bits per heavy atom. The second kappa shape index (κ2) is 11.1. The first-order valence-electron chi connectivity index (χ1n) is 11.1. The summed E-state index contributed by atoms with van der Waals surface area (Å²) in [4.78, 5) is 42.2. The van der Waals surface area contributed by atoms with E-state index in [4.69, 9.17) is 14.2 Å². The Labute approximate surface area is 195 Å². The summed E-state index contributed by atoms with van der Waals surface area (Å²) in [5.41, 5.74) is 1.92. The topological polar surface area (TPSA) is 91.3 Å². The van der Waals surface area contributed by atoms with Gasteiger partial charge in [0.05, 0.1) is 18.8 Å². The van der Waals surface area contributed by atoms with Gasteiger partial charge in [0, 0.05) is 23.6 Å². The van der Waals surface area contributed by atoms with E-state index >= 15 is 0 Å². The predicted octanol–water partition coefficient (Wildman–Crippen LogP) is 4.62. The predicted molar refractivity (Wildman–Crippen MR) is 127 cm³/mol. The Balaban J connectivity index is 2.58. The van der Waals surface area contributed by atoms with Crippen molar-refractivity contribution in [2.24, 2.45) is 10.9 Å². The number of ether oxygens (including phenoxy) is 3. The molecule has 1 aromatic carbocycles. The van der Waals surface area contributed by atoms with Crippen LogP contribution in [0.5, 0.6) is 0 Å². The Hall–Kier alpha value is -3.22. The minimum atomic E-state index is -0.610. The molecule has 2 atom stereocenters. The Bertz CT molecular complexity index is 996. The van der Waals surface area contributed by atoms with Crippen LogP contribution in [-0.4, -0.2) is 42.4 Å². The van der Waals surface area contributed by atoms with Crippen molar-refractivity contribution in [3.63, 3.8) is 0 Å². The zero-order valence-electron chi connectivity index (χ0n) is 20.4. The van der Waals surface area contributed by atoms with E-state index in [9.17, 15) is 14.4 Å². The highest BCUT2D eigenvalue weighted by atomic mass is 16.6. The molecule has 178 valence electrons. The van der Waals surface area contributed by atoms with Gasteiger partial charge in [0.15, 0.2) is 0 Å². The maximum Gasteiger partial charge on any atom is 0.352 e. The van der Waals surface area contributed by atoms with Crippen LogP contribution in [0.25, 0.3) is 6.08 Å². The molecule has 0 amide bonds. The minimum Gasteiger partial charge on any atom is -0.463 e. The van der Waals surface area contributed by atoms with Crippen LogP contribution in [0.15, 0.2) is 46.6 Å². The number of carbonyl (C=O) groups is 3. The van der Waals surface area contributed by atoms with Gasteiger partial charge in [-0.05, 0) is 58.7 Å². The van der Waals surface area contributed by atoms with Crippen LogP contribution in [0.3, 0.4) is 0 Å². The van der Waals surface area contributed by atoms with Crippen LogP contribution in [0, 0.1) is 5.92 Å². The fourth-order valence-electron chi connectivity index (χ4n) is 3.76. The number of esters is 3. The van der Waals surface area contributed by atoms with E-state index in [2.05, 4.69) is 4.99 Å². The van der Waals surface area contributed by atoms with Crippen molar-refractivity contribution in [1.82, 2.24) is 0 Å². The number of hydrogen-bond donors (Lipinski definition) is 0. The molecule has 33 heavy (non-hydrogen) atoms. The van der Waals surface area contributed by atoms with Gasteiger partial charge in [0.2, 0.25) is 0 Å². The molecule has 0 saturated carbocycles. The van der Waals surface area contributed by atoms with Gasteiger partial charge in [0.1, 0.15) is 11.3 Å². The standard InChI is InChI=1S/C26H33NO6/c1-8-31-24(29)22-17(4)27-23(25(30)32-9-2)16(3)21(22)19-13-11-10-12-18(19)14-15-20(28)33-26(5,6)7/h10-16,21H,8-9H2,1-7H3. The zero-order valence-corrected chi connectivity index (χ0v) is 20.4. The van der Waals surface area contributed by atoms with E-state index in [-0.39, 0.29) is 18.9 Å². The molecule has 0 saturated heterocycles. The molecule has 1 heterocycles. The average Bonchev–Trinajstić information content (AvgIpc) is 2.72. The van der Waals surface area contributed by atoms with E-state index in [1.165, 1.54) is 6.08 Å². The summed E-state index contributed by atoms with van der Waals surface area (Å²) in [5.74, 6) is -2.44. The van der Waals surface area contributed by atoms with Crippen molar-refractivity contribution in [2.75, 3.05) is 13.2 Å². The van der Waals surface area contributed by atoms with Gasteiger partial charge in [-0.25, -0.2) is 19.4 Å². The lowest BCUT2D eigenvalue weighted by Crippen LogP contribution is -2.35. The fraction of sp³-hybridized carbons (Fsp3) is 0.462. The second-order valence-corrected chi connectivity index (χ2v) is 8.70. The number of carbonyl (C=O) groups excluding carboxylic acids is 3. The van der Waals surface area contributed by atoms with E-state index < -0.39 is 35.3 Å². The molecule has 1 aromatic rings. The molecular formula is C26H33NO6. The third kappa shape index (κ3) is 6.63. The van der Waals surface area contributed by atoms with Crippen molar-refractivity contribution >= 4 is 29.7 Å². The van der Waals surface area contributed by atoms with Crippen molar-refractivity contribution < 1.29 is 28.6 Å². The minimum absolute atomic E-state index is 0.214. The monoisotopic (exact) mass is 455 g/mol. The molecule has 0 aromatic heterocycles. The highest BCUT2D eigenvalue weighted by molar-refractivity contribution is 6.38. The number of aliphatic imine (C=N–C) groups is 1. The summed E-state index contributed by atoms with van der Waals surface area (Å²) >= 11 is 0. The quantitative estimate of drug-likeness (QED) is 0.339. The summed E-state index contributed by atoms with van der Waals surface area (Å²) in [7, 11) is 0. The summed E-state index contributed by atoms with van der Waals surface area (Å²) in [5, 5.41) is 0. The van der Waals surface area contributed by atoms with Crippen LogP contribution >= 0.6 is 0 Å². The fourth-order valence-corrected chi connectivity index (χ4v) is 3.76. The smallest absolute Gasteiger partial charge is 0.352 e. The zero-order chi connectivity index (χ0) is 24.8. The van der Waals surface area contributed by atoms with Crippen molar-refractivity contribution in [2.45, 2.75) is 60.0 Å². The van der Waals surface area contributed by atoms with Gasteiger partial charge in [-0.2, -0.15) is 0 Å². The van der Waals surface area contributed by atoms with Gasteiger partial charge in [-0.3, -0.25) is 0 Å². The van der Waals surface area contributed by atoms with Crippen molar-refractivity contribution in [3.05, 3.63) is 52.7 Å². The Morgan fingerprint density at radius 3 is 2.24 bits per heavy atom. The molecule has 0 aliphatic carbocycles. The maximum atomic E-state index is 12.9. The van der Waals surface area contributed by atoms with Crippen LogP contribution in [0.2, 0.25) is 0 Å². The molecule has 0 N–H and O–H groups in total. The van der Waals surface area contributed by atoms with Crippen LogP contribution in [0.4, 0.5) is 0 Å². The van der Waals surface area contributed by atoms with Crippen LogP contribution < -0.4 is 0 Å². The van der Waals surface area contributed by atoms with Crippen LogP contribution in [-0.2, 0) is 28.6 Å². The van der Waals surface area contributed by atoms with E-state index in [0.717, 1.165) is 11.1 Å². The first-order valence-corrected chi connectivity index (χ1v) is 11.1. The molecule has 0 radical (unpaired) electrons. The molecule has 1 aliphatic rings. The summed E-state index contributed by atoms with van der Waals surface area (Å²) in [6, 6.07) is 7.40. The van der Waals surface area contributed by atoms with Gasteiger partial charge in [-0.15, -0.1) is 0 Å². The Morgan fingerprint density at radius 1 is 1.03 bits per heavy atom. The lowest BCUT2D eigenvalue weighted by Gasteiger charge is -2.31. The van der Waals surface area contributed by atoms with Gasteiger partial charge < -0.3 is 14.2 Å². The molecule has 7 heteroatoms. The molecule has 0 fully saturated rings. The van der Waals surface area contributed by atoms with E-state index in [1.807, 2.05) is 31.2 Å². The average molecular weight is 456 g/mol. The van der Waals surface area contributed by atoms with E-state index in [1.54, 1.807) is 47.6 Å². The molecule has 0 bridgehead atoms. The highest BCUT2D eigenvalue weighted by Gasteiger charge is 2.40. The molecule has 2 unspecified atom stereocenters. The third-order valence-electron chi connectivity index (χ3n) is 5.04. The summed E-state index contributed by atoms with van der Waals surface area (Å²) in [6.45, 7) is 12.8. The lowest BCUT2D eigenvalue weighted by atomic mass is 9.75. The van der Waals surface area contributed by atoms with Gasteiger partial charge in [-0.1, -0.05) is 31.2 Å². The number of allylic oxidation sites excluding steroid dienone is 1. The molecule has 7 nitrogen and oxygen atoms in total. The molecule has 1 aliphatic heterocycles. The number of benzene rings is 1. The number of rotatable bonds is 7. The molecule has 0 spiro atoms.